The first-order chi connectivity index (χ1) is 13.4. The third-order valence-electron chi connectivity index (χ3n) is 5.64. The van der Waals surface area contributed by atoms with Crippen molar-refractivity contribution < 1.29 is 9.59 Å². The maximum atomic E-state index is 13.3. The van der Waals surface area contributed by atoms with E-state index in [2.05, 4.69) is 22.5 Å². The fourth-order valence-corrected chi connectivity index (χ4v) is 4.79. The Morgan fingerprint density at radius 3 is 2.50 bits per heavy atom. The van der Waals surface area contributed by atoms with Crippen molar-refractivity contribution in [3.8, 4) is 11.1 Å². The van der Waals surface area contributed by atoms with Crippen LogP contribution >= 0.6 is 27.5 Å². The standard InChI is InChI=1S/C22H20BrClN2O2/c1-2-20(27)26-13-22(14-26)9-10-25(12-22)21(28)17-8-7-15(23)11-18(17)16-5-3-4-6-19(16)24/h2-8,11H,1,9-10,12-14H2. The Bertz CT molecular complexity index is 969. The number of carbonyl (C=O) groups excluding carboxylic acids is 2. The Morgan fingerprint density at radius 1 is 1.07 bits per heavy atom. The van der Waals surface area contributed by atoms with E-state index in [1.54, 1.807) is 4.90 Å². The predicted molar refractivity (Wildman–Crippen MR) is 114 cm³/mol. The second kappa shape index (κ2) is 7.37. The van der Waals surface area contributed by atoms with Crippen molar-refractivity contribution in [3.63, 3.8) is 0 Å². The van der Waals surface area contributed by atoms with Crippen LogP contribution in [0.5, 0.6) is 0 Å². The van der Waals surface area contributed by atoms with E-state index >= 15 is 0 Å². The number of benzene rings is 2. The summed E-state index contributed by atoms with van der Waals surface area (Å²) in [7, 11) is 0. The van der Waals surface area contributed by atoms with Crippen LogP contribution in [-0.2, 0) is 4.79 Å². The van der Waals surface area contributed by atoms with E-state index in [0.29, 0.717) is 36.8 Å². The zero-order valence-corrected chi connectivity index (χ0v) is 17.7. The maximum absolute atomic E-state index is 13.3. The molecule has 0 radical (unpaired) electrons. The molecule has 2 aromatic rings. The summed E-state index contributed by atoms with van der Waals surface area (Å²) in [6.07, 6.45) is 2.26. The van der Waals surface area contributed by atoms with Crippen LogP contribution in [0, 0.1) is 5.41 Å². The molecule has 2 aliphatic rings. The van der Waals surface area contributed by atoms with Gasteiger partial charge in [0.25, 0.3) is 5.91 Å². The monoisotopic (exact) mass is 458 g/mol. The van der Waals surface area contributed by atoms with E-state index in [-0.39, 0.29) is 17.2 Å². The first-order valence-electron chi connectivity index (χ1n) is 9.17. The van der Waals surface area contributed by atoms with Gasteiger partial charge in [0.15, 0.2) is 0 Å². The highest BCUT2D eigenvalue weighted by Crippen LogP contribution is 2.41. The molecule has 6 heteroatoms. The second-order valence-electron chi connectivity index (χ2n) is 7.54. The molecular formula is C22H20BrClN2O2. The van der Waals surface area contributed by atoms with Gasteiger partial charge in [0, 0.05) is 52.2 Å². The summed E-state index contributed by atoms with van der Waals surface area (Å²) >= 11 is 9.90. The second-order valence-corrected chi connectivity index (χ2v) is 8.87. The molecule has 1 spiro atoms. The van der Waals surface area contributed by atoms with Crippen molar-refractivity contribution in [3.05, 3.63) is 70.2 Å². The normalized spacial score (nSPS) is 17.5. The van der Waals surface area contributed by atoms with Gasteiger partial charge in [-0.05, 0) is 42.3 Å². The Kier molecular flexibility index (Phi) is 5.06. The van der Waals surface area contributed by atoms with Gasteiger partial charge in [0.1, 0.15) is 0 Å². The SMILES string of the molecule is C=CC(=O)N1CC2(CCN(C(=O)c3ccc(Br)cc3-c3ccccc3Cl)C2)C1. The smallest absolute Gasteiger partial charge is 0.254 e. The topological polar surface area (TPSA) is 40.6 Å². The number of hydrogen-bond donors (Lipinski definition) is 0. The van der Waals surface area contributed by atoms with Crippen LogP contribution in [-0.4, -0.2) is 47.8 Å². The van der Waals surface area contributed by atoms with E-state index in [9.17, 15) is 9.59 Å². The fraction of sp³-hybridized carbons (Fsp3) is 0.273. The van der Waals surface area contributed by atoms with E-state index in [0.717, 1.165) is 22.0 Å². The van der Waals surface area contributed by atoms with Gasteiger partial charge in [-0.15, -0.1) is 0 Å². The van der Waals surface area contributed by atoms with Crippen molar-refractivity contribution in [1.82, 2.24) is 9.80 Å². The number of likely N-dealkylation sites (tertiary alicyclic amines) is 2. The molecule has 2 aromatic carbocycles. The van der Waals surface area contributed by atoms with Crippen LogP contribution in [0.15, 0.2) is 59.6 Å². The summed E-state index contributed by atoms with van der Waals surface area (Å²) < 4.78 is 0.898. The van der Waals surface area contributed by atoms with Crippen LogP contribution in [0.3, 0.4) is 0 Å². The lowest BCUT2D eigenvalue weighted by Gasteiger charge is -2.47. The molecule has 0 aliphatic carbocycles. The first-order valence-corrected chi connectivity index (χ1v) is 10.3. The average Bonchev–Trinajstić information content (AvgIpc) is 3.12. The number of rotatable bonds is 3. The van der Waals surface area contributed by atoms with Crippen molar-refractivity contribution >= 4 is 39.3 Å². The van der Waals surface area contributed by atoms with Crippen LogP contribution < -0.4 is 0 Å². The molecule has 0 bridgehead atoms. The summed E-state index contributed by atoms with van der Waals surface area (Å²) in [4.78, 5) is 28.8. The summed E-state index contributed by atoms with van der Waals surface area (Å²) in [6, 6.07) is 13.2. The lowest BCUT2D eigenvalue weighted by atomic mass is 9.79. The molecule has 0 N–H and O–H groups in total. The molecule has 2 saturated heterocycles. The Morgan fingerprint density at radius 2 is 1.79 bits per heavy atom. The third-order valence-corrected chi connectivity index (χ3v) is 6.46. The molecule has 2 aliphatic heterocycles. The molecule has 28 heavy (non-hydrogen) atoms. The van der Waals surface area contributed by atoms with Crippen LogP contribution in [0.4, 0.5) is 0 Å². The highest BCUT2D eigenvalue weighted by Gasteiger charge is 2.49. The van der Waals surface area contributed by atoms with Gasteiger partial charge in [-0.2, -0.15) is 0 Å². The van der Waals surface area contributed by atoms with E-state index in [4.69, 9.17) is 11.6 Å². The van der Waals surface area contributed by atoms with Gasteiger partial charge >= 0.3 is 0 Å². The lowest BCUT2D eigenvalue weighted by Crippen LogP contribution is -2.59. The molecule has 0 unspecified atom stereocenters. The molecule has 144 valence electrons. The van der Waals surface area contributed by atoms with Crippen molar-refractivity contribution in [2.75, 3.05) is 26.2 Å². The van der Waals surface area contributed by atoms with Crippen LogP contribution in [0.25, 0.3) is 11.1 Å². The van der Waals surface area contributed by atoms with Gasteiger partial charge in [-0.3, -0.25) is 9.59 Å². The average molecular weight is 460 g/mol. The predicted octanol–water partition coefficient (Wildman–Crippen LogP) is 4.63. The van der Waals surface area contributed by atoms with Gasteiger partial charge in [0.05, 0.1) is 0 Å². The highest BCUT2D eigenvalue weighted by atomic mass is 79.9. The molecule has 2 fully saturated rings. The van der Waals surface area contributed by atoms with E-state index in [1.807, 2.05) is 47.4 Å². The molecule has 4 rings (SSSR count). The van der Waals surface area contributed by atoms with Crippen LogP contribution in [0.1, 0.15) is 16.8 Å². The molecule has 2 amide bonds. The van der Waals surface area contributed by atoms with Crippen molar-refractivity contribution in [2.24, 2.45) is 5.41 Å². The summed E-state index contributed by atoms with van der Waals surface area (Å²) in [5.41, 5.74) is 2.33. The minimum atomic E-state index is -0.0377. The molecule has 0 aromatic heterocycles. The number of hydrogen-bond acceptors (Lipinski definition) is 2. The lowest BCUT2D eigenvalue weighted by molar-refractivity contribution is -0.137. The molecule has 0 saturated carbocycles. The highest BCUT2D eigenvalue weighted by molar-refractivity contribution is 9.10. The first kappa shape index (κ1) is 19.2. The Labute approximate surface area is 177 Å². The molecule has 0 atom stereocenters. The molecular weight excluding hydrogens is 440 g/mol. The van der Waals surface area contributed by atoms with E-state index < -0.39 is 0 Å². The number of amides is 2. The van der Waals surface area contributed by atoms with Gasteiger partial charge < -0.3 is 9.80 Å². The number of halogens is 2. The largest absolute Gasteiger partial charge is 0.338 e. The quantitative estimate of drug-likeness (QED) is 0.628. The van der Waals surface area contributed by atoms with Crippen molar-refractivity contribution in [2.45, 2.75) is 6.42 Å². The molecule has 2 heterocycles. The van der Waals surface area contributed by atoms with Crippen LogP contribution in [0.2, 0.25) is 5.02 Å². The number of carbonyl (C=O) groups is 2. The summed E-state index contributed by atoms with van der Waals surface area (Å²) in [5.74, 6) is -0.0305. The Balaban J connectivity index is 1.58. The third kappa shape index (κ3) is 3.38. The minimum absolute atomic E-state index is 0.00721. The Hall–Kier alpha value is -2.11. The van der Waals surface area contributed by atoms with Gasteiger partial charge in [-0.25, -0.2) is 0 Å². The fourth-order valence-electron chi connectivity index (χ4n) is 4.19. The van der Waals surface area contributed by atoms with Gasteiger partial charge in [-0.1, -0.05) is 52.3 Å². The summed E-state index contributed by atoms with van der Waals surface area (Å²) in [5, 5.41) is 0.616. The van der Waals surface area contributed by atoms with Crippen molar-refractivity contribution in [1.29, 1.82) is 0 Å². The zero-order valence-electron chi connectivity index (χ0n) is 15.3. The summed E-state index contributed by atoms with van der Waals surface area (Å²) in [6.45, 7) is 6.30. The number of nitrogens with zero attached hydrogens (tertiary/aromatic N) is 2. The molecule has 4 nitrogen and oxygen atoms in total. The van der Waals surface area contributed by atoms with E-state index in [1.165, 1.54) is 6.08 Å². The maximum Gasteiger partial charge on any atom is 0.254 e. The van der Waals surface area contributed by atoms with Gasteiger partial charge in [0.2, 0.25) is 5.91 Å². The minimum Gasteiger partial charge on any atom is -0.338 e. The zero-order chi connectivity index (χ0) is 19.9.